The minimum Gasteiger partial charge on any atom is -0.494 e. The lowest BCUT2D eigenvalue weighted by atomic mass is 9.96. The third kappa shape index (κ3) is 4.42. The number of hydrogen-bond acceptors (Lipinski definition) is 7. The highest BCUT2D eigenvalue weighted by atomic mass is 35.5. The van der Waals surface area contributed by atoms with Gasteiger partial charge in [-0.3, -0.25) is 0 Å². The Kier molecular flexibility index (Phi) is 5.85. The fourth-order valence-electron chi connectivity index (χ4n) is 5.37. The predicted octanol–water partition coefficient (Wildman–Crippen LogP) is 5.26. The summed E-state index contributed by atoms with van der Waals surface area (Å²) in [5, 5.41) is 7.51. The van der Waals surface area contributed by atoms with Gasteiger partial charge in [-0.15, -0.1) is 0 Å². The summed E-state index contributed by atoms with van der Waals surface area (Å²) in [6.07, 6.45) is 4.87. The SMILES string of the molecule is C[C@@H]1CN(c2ncc(Cl)c(Nc3ccc4c(c3)C3=C(CN4C)OCC[C@H](C4CC4)N3)n2)CCC1(F)F. The van der Waals surface area contributed by atoms with E-state index in [-0.39, 0.29) is 19.5 Å². The van der Waals surface area contributed by atoms with E-state index in [4.69, 9.17) is 16.3 Å². The number of aromatic nitrogens is 2. The van der Waals surface area contributed by atoms with Gasteiger partial charge < -0.3 is 25.2 Å². The van der Waals surface area contributed by atoms with Gasteiger partial charge in [0.2, 0.25) is 5.95 Å². The molecule has 4 heterocycles. The summed E-state index contributed by atoms with van der Waals surface area (Å²) in [7, 11) is 2.07. The number of halogens is 3. The molecule has 2 atom stereocenters. The van der Waals surface area contributed by atoms with Crippen molar-refractivity contribution < 1.29 is 13.5 Å². The Hall–Kier alpha value is -2.81. The number of likely N-dealkylation sites (N-methyl/N-ethyl adjacent to an activating group) is 1. The van der Waals surface area contributed by atoms with Crippen LogP contribution in [-0.4, -0.2) is 55.2 Å². The van der Waals surface area contributed by atoms with E-state index in [9.17, 15) is 8.78 Å². The van der Waals surface area contributed by atoms with Crippen LogP contribution in [-0.2, 0) is 4.74 Å². The van der Waals surface area contributed by atoms with Crippen LogP contribution in [0.1, 0.15) is 38.2 Å². The molecule has 0 radical (unpaired) electrons. The second kappa shape index (κ2) is 8.94. The van der Waals surface area contributed by atoms with Crippen molar-refractivity contribution >= 4 is 40.4 Å². The lowest BCUT2D eigenvalue weighted by Crippen LogP contribution is -2.46. The largest absolute Gasteiger partial charge is 0.494 e. The lowest BCUT2D eigenvalue weighted by Gasteiger charge is -2.36. The van der Waals surface area contributed by atoms with Crippen LogP contribution < -0.4 is 20.4 Å². The van der Waals surface area contributed by atoms with Crippen LogP contribution in [0.3, 0.4) is 0 Å². The highest BCUT2D eigenvalue weighted by Crippen LogP contribution is 2.41. The second-order valence-corrected chi connectivity index (χ2v) is 10.9. The molecule has 2 aromatic rings. The molecule has 1 aromatic heterocycles. The Morgan fingerprint density at radius 3 is 2.86 bits per heavy atom. The maximum absolute atomic E-state index is 14.0. The van der Waals surface area contributed by atoms with Crippen molar-refractivity contribution in [2.75, 3.05) is 48.4 Å². The Balaban J connectivity index is 1.28. The van der Waals surface area contributed by atoms with Crippen molar-refractivity contribution in [3.8, 4) is 0 Å². The quantitative estimate of drug-likeness (QED) is 0.574. The minimum atomic E-state index is -2.66. The number of nitrogens with zero attached hydrogens (tertiary/aromatic N) is 4. The summed E-state index contributed by atoms with van der Waals surface area (Å²) in [6.45, 7) is 3.42. The first kappa shape index (κ1) is 23.6. The minimum absolute atomic E-state index is 0.198. The summed E-state index contributed by atoms with van der Waals surface area (Å²) in [4.78, 5) is 12.9. The third-order valence-electron chi connectivity index (χ3n) is 7.77. The first-order valence-corrected chi connectivity index (χ1v) is 13.1. The van der Waals surface area contributed by atoms with E-state index in [2.05, 4.69) is 44.7 Å². The van der Waals surface area contributed by atoms with Crippen LogP contribution in [0.25, 0.3) is 5.70 Å². The van der Waals surface area contributed by atoms with E-state index in [1.165, 1.54) is 19.0 Å². The molecule has 3 aliphatic heterocycles. The average Bonchev–Trinajstić information content (AvgIpc) is 3.69. The number of benzene rings is 1. The number of piperidine rings is 1. The molecule has 10 heteroatoms. The van der Waals surface area contributed by atoms with E-state index in [1.54, 1.807) is 11.8 Å². The van der Waals surface area contributed by atoms with Gasteiger partial charge in [0.25, 0.3) is 5.92 Å². The molecule has 1 saturated heterocycles. The third-order valence-corrected chi connectivity index (χ3v) is 8.05. The number of hydrogen-bond donors (Lipinski definition) is 2. The molecule has 1 aliphatic carbocycles. The first-order chi connectivity index (χ1) is 17.3. The van der Waals surface area contributed by atoms with E-state index in [0.717, 1.165) is 53.9 Å². The average molecular weight is 517 g/mol. The molecule has 2 fully saturated rings. The van der Waals surface area contributed by atoms with Gasteiger partial charge in [0.15, 0.2) is 5.82 Å². The van der Waals surface area contributed by atoms with E-state index >= 15 is 0 Å². The number of anilines is 4. The molecule has 4 aliphatic rings. The zero-order valence-electron chi connectivity index (χ0n) is 20.5. The molecule has 7 nitrogen and oxygen atoms in total. The van der Waals surface area contributed by atoms with Gasteiger partial charge in [0.1, 0.15) is 10.8 Å². The number of ether oxygens (including phenoxy) is 1. The zero-order valence-corrected chi connectivity index (χ0v) is 21.3. The summed E-state index contributed by atoms with van der Waals surface area (Å²) >= 11 is 6.44. The van der Waals surface area contributed by atoms with Gasteiger partial charge in [0, 0.05) is 61.9 Å². The van der Waals surface area contributed by atoms with E-state index < -0.39 is 11.8 Å². The maximum atomic E-state index is 14.0. The maximum Gasteiger partial charge on any atom is 0.254 e. The monoisotopic (exact) mass is 516 g/mol. The Morgan fingerprint density at radius 2 is 2.08 bits per heavy atom. The molecule has 0 amide bonds. The van der Waals surface area contributed by atoms with Gasteiger partial charge >= 0.3 is 0 Å². The standard InChI is InChI=1S/C26H31ClF2N6O/c1-15-13-35(9-8-26(15,28)29)25-30-12-19(27)24(33-25)31-17-5-6-21-18(11-17)23-22(14-34(21)2)36-10-7-20(32-23)16-3-4-16/h5-6,11-12,15-16,20,32H,3-4,7-10,13-14H2,1-2H3,(H,30,31,33)/t15-,20-/m1/s1. The van der Waals surface area contributed by atoms with Crippen LogP contribution >= 0.6 is 11.6 Å². The fourth-order valence-corrected chi connectivity index (χ4v) is 5.51. The fraction of sp³-hybridized carbons (Fsp3) is 0.538. The highest BCUT2D eigenvalue weighted by Gasteiger charge is 2.42. The van der Waals surface area contributed by atoms with Gasteiger partial charge in [0.05, 0.1) is 25.0 Å². The molecule has 0 bridgehead atoms. The van der Waals surface area contributed by atoms with Gasteiger partial charge in [-0.25, -0.2) is 13.8 Å². The topological polar surface area (TPSA) is 65.6 Å². The van der Waals surface area contributed by atoms with Crippen LogP contribution in [0.15, 0.2) is 30.2 Å². The summed E-state index contributed by atoms with van der Waals surface area (Å²) in [6, 6.07) is 6.61. The molecule has 1 aromatic carbocycles. The molecule has 0 unspecified atom stereocenters. The van der Waals surface area contributed by atoms with Crippen molar-refractivity contribution in [2.45, 2.75) is 44.6 Å². The molecule has 0 spiro atoms. The van der Waals surface area contributed by atoms with Crippen molar-refractivity contribution in [3.63, 3.8) is 0 Å². The summed E-state index contributed by atoms with van der Waals surface area (Å²) < 4.78 is 34.1. The zero-order chi connectivity index (χ0) is 25.0. The molecular formula is C26H31ClF2N6O. The molecular weight excluding hydrogens is 486 g/mol. The Bertz CT molecular complexity index is 1200. The molecule has 6 rings (SSSR count). The molecule has 192 valence electrons. The number of nitrogens with one attached hydrogen (secondary N) is 2. The van der Waals surface area contributed by atoms with Crippen molar-refractivity contribution in [2.24, 2.45) is 11.8 Å². The van der Waals surface area contributed by atoms with Crippen molar-refractivity contribution in [1.29, 1.82) is 0 Å². The number of alkyl halides is 2. The number of fused-ring (bicyclic) bond motifs is 2. The molecule has 36 heavy (non-hydrogen) atoms. The lowest BCUT2D eigenvalue weighted by molar-refractivity contribution is -0.0653. The first-order valence-electron chi connectivity index (χ1n) is 12.7. The smallest absolute Gasteiger partial charge is 0.254 e. The van der Waals surface area contributed by atoms with Crippen LogP contribution in [0.4, 0.5) is 31.9 Å². The van der Waals surface area contributed by atoms with Crippen LogP contribution in [0.2, 0.25) is 5.02 Å². The highest BCUT2D eigenvalue weighted by molar-refractivity contribution is 6.32. The Morgan fingerprint density at radius 1 is 1.25 bits per heavy atom. The van der Waals surface area contributed by atoms with E-state index in [1.807, 2.05) is 6.07 Å². The van der Waals surface area contributed by atoms with Crippen LogP contribution in [0, 0.1) is 11.8 Å². The number of rotatable bonds is 4. The second-order valence-electron chi connectivity index (χ2n) is 10.5. The van der Waals surface area contributed by atoms with Gasteiger partial charge in [-0.2, -0.15) is 4.98 Å². The molecule has 2 N–H and O–H groups in total. The van der Waals surface area contributed by atoms with Crippen molar-refractivity contribution in [3.05, 3.63) is 40.7 Å². The van der Waals surface area contributed by atoms with E-state index in [0.29, 0.717) is 22.8 Å². The van der Waals surface area contributed by atoms with Crippen LogP contribution in [0.5, 0.6) is 0 Å². The normalized spacial score (nSPS) is 25.4. The molecule has 1 saturated carbocycles. The van der Waals surface area contributed by atoms with Gasteiger partial charge in [-0.1, -0.05) is 18.5 Å². The van der Waals surface area contributed by atoms with Crippen molar-refractivity contribution in [1.82, 2.24) is 15.3 Å². The van der Waals surface area contributed by atoms with Gasteiger partial charge in [-0.05, 0) is 37.0 Å². The summed E-state index contributed by atoms with van der Waals surface area (Å²) in [5.74, 6) is -0.883. The summed E-state index contributed by atoms with van der Waals surface area (Å²) in [5.41, 5.74) is 4.10. The Labute approximate surface area is 214 Å². The predicted molar refractivity (Wildman–Crippen MR) is 138 cm³/mol.